The molecule has 262 valence electrons. The molecule has 4 heteroatoms. The van der Waals surface area contributed by atoms with E-state index in [1.54, 1.807) is 11.3 Å². The molecule has 10 aromatic carbocycles. The van der Waals surface area contributed by atoms with Gasteiger partial charge in [-0.3, -0.25) is 0 Å². The van der Waals surface area contributed by atoms with Crippen LogP contribution in [-0.4, -0.2) is 8.70 Å². The summed E-state index contributed by atoms with van der Waals surface area (Å²) < 4.78 is 3.91. The second-order valence-electron chi connectivity index (χ2n) is 14.5. The van der Waals surface area contributed by atoms with E-state index in [4.69, 9.17) is 9.98 Å². The van der Waals surface area contributed by atoms with Crippen molar-refractivity contribution in [3.8, 4) is 32.8 Å². The zero-order valence-electron chi connectivity index (χ0n) is 30.0. The van der Waals surface area contributed by atoms with Gasteiger partial charge in [-0.1, -0.05) is 30.3 Å². The summed E-state index contributed by atoms with van der Waals surface area (Å²) in [6.45, 7) is 0. The molecule has 2 nitrogen and oxygen atoms in total. The molecule has 2 heterocycles. The van der Waals surface area contributed by atoms with Crippen molar-refractivity contribution >= 4 is 84.8 Å². The third-order valence-corrected chi connectivity index (χ3v) is 15.4. The minimum atomic E-state index is -0.382. The zero-order valence-corrected chi connectivity index (χ0v) is 33.0. The number of nitrogens with zero attached hydrogens (tertiary/aromatic N) is 2. The van der Waals surface area contributed by atoms with Gasteiger partial charge in [-0.25, -0.2) is 4.98 Å². The summed E-state index contributed by atoms with van der Waals surface area (Å²) in [5, 5.41) is 13.7. The van der Waals surface area contributed by atoms with Gasteiger partial charge in [0.05, 0.1) is 10.2 Å². The number of benzene rings is 10. The molecule has 0 fully saturated rings. The van der Waals surface area contributed by atoms with Crippen molar-refractivity contribution in [2.75, 3.05) is 0 Å². The zero-order chi connectivity index (χ0) is 36.7. The van der Waals surface area contributed by atoms with Gasteiger partial charge < -0.3 is 0 Å². The number of halogens is 1. The Balaban J connectivity index is 0.992. The first kappa shape index (κ1) is 32.1. The average Bonchev–Trinajstić information content (AvgIpc) is 3.91. The van der Waals surface area contributed by atoms with E-state index in [2.05, 4.69) is 182 Å². The fourth-order valence-corrected chi connectivity index (χ4v) is 12.6. The van der Waals surface area contributed by atoms with Crippen LogP contribution in [0.3, 0.4) is 0 Å². The molecule has 0 atom stereocenters. The first-order valence-corrected chi connectivity index (χ1v) is 21.8. The fraction of sp³-hybridized carbons (Fsp3) is 0. The standard InChI is InChI=1S/C52H30IN2S/c1-2-12-38-30-44-43(29-37(38)11-1)47(33-17-21-35(22-18-33)51-53-49-39-13-5-3-9-31(39)25-27-45(49)54-51)41-15-7-8-16-42(41)48(44)34-19-23-36(24-20-34)52-55-46-28-26-32-10-4-6-14-40(32)50(46)56-52/h1-30H/q-1. The first-order valence-electron chi connectivity index (χ1n) is 18.9. The Bertz CT molecular complexity index is 3430. The summed E-state index contributed by atoms with van der Waals surface area (Å²) in [5.74, 6) is 0. The Morgan fingerprint density at radius 2 is 0.893 bits per heavy atom. The van der Waals surface area contributed by atoms with E-state index in [1.165, 1.54) is 93.7 Å². The second-order valence-corrected chi connectivity index (χ2v) is 18.1. The van der Waals surface area contributed by atoms with Crippen LogP contribution in [0.1, 0.15) is 5.56 Å². The topological polar surface area (TPSA) is 25.2 Å². The molecule has 56 heavy (non-hydrogen) atoms. The molecule has 12 rings (SSSR count). The second kappa shape index (κ2) is 12.7. The van der Waals surface area contributed by atoms with Crippen LogP contribution in [0, 0.1) is 3.57 Å². The molecule has 0 amide bonds. The van der Waals surface area contributed by atoms with Gasteiger partial charge in [0.15, 0.2) is 0 Å². The molecule has 0 unspecified atom stereocenters. The quantitative estimate of drug-likeness (QED) is 0.128. The molecular formula is C52H30IN2S-. The number of thiazole rings is 1. The van der Waals surface area contributed by atoms with Gasteiger partial charge in [0.1, 0.15) is 5.01 Å². The monoisotopic (exact) mass is 841 g/mol. The number of hydrogen-bond acceptors (Lipinski definition) is 3. The van der Waals surface area contributed by atoms with Crippen LogP contribution in [0.2, 0.25) is 0 Å². The third kappa shape index (κ3) is 5.06. The Hall–Kier alpha value is -6.21. The van der Waals surface area contributed by atoms with Crippen molar-refractivity contribution in [1.82, 2.24) is 4.98 Å². The van der Waals surface area contributed by atoms with Crippen molar-refractivity contribution in [1.29, 1.82) is 0 Å². The predicted octanol–water partition coefficient (Wildman–Crippen LogP) is 11.4. The summed E-state index contributed by atoms with van der Waals surface area (Å²) >= 11 is 1.39. The summed E-state index contributed by atoms with van der Waals surface area (Å²) in [4.78, 5) is 10.2. The minimum absolute atomic E-state index is 0.382. The van der Waals surface area contributed by atoms with E-state index >= 15 is 0 Å². The van der Waals surface area contributed by atoms with E-state index in [-0.39, 0.29) is 21.2 Å². The molecular weight excluding hydrogens is 812 g/mol. The van der Waals surface area contributed by atoms with E-state index in [0.717, 1.165) is 21.8 Å². The first-order chi connectivity index (χ1) is 27.7. The van der Waals surface area contributed by atoms with Crippen molar-refractivity contribution in [2.24, 2.45) is 4.99 Å². The van der Waals surface area contributed by atoms with Crippen LogP contribution in [0.25, 0.3) is 96.9 Å². The number of hydrogen-bond donors (Lipinski definition) is 0. The molecule has 1 aliphatic rings. The summed E-state index contributed by atoms with van der Waals surface area (Å²) in [7, 11) is 0. The molecule has 0 radical (unpaired) electrons. The maximum absolute atomic E-state index is 5.16. The molecule has 0 saturated carbocycles. The molecule has 1 aliphatic heterocycles. The van der Waals surface area contributed by atoms with E-state index in [9.17, 15) is 0 Å². The number of aromatic nitrogens is 1. The molecule has 1 aromatic heterocycles. The fourth-order valence-electron chi connectivity index (χ4n) is 8.56. The van der Waals surface area contributed by atoms with Gasteiger partial charge in [0.2, 0.25) is 0 Å². The number of fused-ring (bicyclic) bond motifs is 9. The number of aliphatic imine (C=N–C) groups is 1. The van der Waals surface area contributed by atoms with Gasteiger partial charge >= 0.3 is 256 Å². The van der Waals surface area contributed by atoms with Crippen LogP contribution in [-0.2, 0) is 0 Å². The Morgan fingerprint density at radius 1 is 0.393 bits per heavy atom. The molecule has 0 N–H and O–H groups in total. The summed E-state index contributed by atoms with van der Waals surface area (Å²) in [6, 6.07) is 66.8. The van der Waals surface area contributed by atoms with Gasteiger partial charge in [0.25, 0.3) is 0 Å². The average molecular weight is 842 g/mol. The van der Waals surface area contributed by atoms with Crippen LogP contribution in [0.5, 0.6) is 0 Å². The van der Waals surface area contributed by atoms with Gasteiger partial charge in [-0.05, 0) is 11.5 Å². The van der Waals surface area contributed by atoms with Crippen molar-refractivity contribution in [3.05, 3.63) is 191 Å². The van der Waals surface area contributed by atoms with Crippen LogP contribution in [0.4, 0.5) is 5.69 Å². The normalized spacial score (nSPS) is 12.8. The van der Waals surface area contributed by atoms with Gasteiger partial charge in [-0.15, -0.1) is 11.3 Å². The predicted molar refractivity (Wildman–Crippen MR) is 235 cm³/mol. The van der Waals surface area contributed by atoms with Crippen molar-refractivity contribution < 1.29 is 21.2 Å². The summed E-state index contributed by atoms with van der Waals surface area (Å²) in [5.41, 5.74) is 9.50. The molecule has 0 spiro atoms. The third-order valence-electron chi connectivity index (χ3n) is 11.2. The van der Waals surface area contributed by atoms with E-state index < -0.39 is 0 Å². The SMILES string of the molecule is c1ccc2cc3c(-c4ccc(-c5nc6ccc7ccccc7c6s5)cc4)c4ccccc4c(-c4ccc(C5=Nc6ccc7ccccc7c6[I-]5)cc4)c3cc2c1. The number of rotatable bonds is 4. The van der Waals surface area contributed by atoms with Crippen LogP contribution in [0.15, 0.2) is 187 Å². The van der Waals surface area contributed by atoms with Gasteiger partial charge in [0, 0.05) is 10.9 Å². The summed E-state index contributed by atoms with van der Waals surface area (Å²) in [6.07, 6.45) is 0. The van der Waals surface area contributed by atoms with Crippen LogP contribution < -0.4 is 21.2 Å². The van der Waals surface area contributed by atoms with Gasteiger partial charge in [-0.2, -0.15) is 0 Å². The van der Waals surface area contributed by atoms with Crippen LogP contribution >= 0.6 is 11.3 Å². The van der Waals surface area contributed by atoms with Crippen molar-refractivity contribution in [2.45, 2.75) is 0 Å². The Morgan fingerprint density at radius 3 is 1.54 bits per heavy atom. The molecule has 0 aliphatic carbocycles. The Kier molecular flexibility index (Phi) is 7.26. The van der Waals surface area contributed by atoms with Crippen molar-refractivity contribution in [3.63, 3.8) is 0 Å². The Labute approximate surface area is 337 Å². The van der Waals surface area contributed by atoms with E-state index in [0.29, 0.717) is 0 Å². The maximum atomic E-state index is 5.16. The molecule has 0 bridgehead atoms. The molecule has 11 aromatic rings. The van der Waals surface area contributed by atoms with E-state index in [1.807, 2.05) is 0 Å². The molecule has 0 saturated heterocycles.